The van der Waals surface area contributed by atoms with Crippen molar-refractivity contribution in [2.24, 2.45) is 0 Å². The number of rotatable bonds is 50. The van der Waals surface area contributed by atoms with E-state index in [1.54, 1.807) is 6.08 Å². The number of nitrogens with one attached hydrogen (secondary N) is 1. The Morgan fingerprint density at radius 1 is 0.514 bits per heavy atom. The van der Waals surface area contributed by atoms with Crippen molar-refractivity contribution in [2.45, 2.75) is 307 Å². The highest BCUT2D eigenvalue weighted by molar-refractivity contribution is 5.76. The molecule has 410 valence electrons. The number of ether oxygens (including phenoxy) is 3. The quantitative estimate of drug-likeness (QED) is 0.0195. The molecule has 0 spiro atoms. The Bertz CT molecular complexity index is 1260. The molecule has 0 saturated carbocycles. The largest absolute Gasteiger partial charge is 0.466 e. The molecule has 7 atom stereocenters. The van der Waals surface area contributed by atoms with Gasteiger partial charge in [0, 0.05) is 12.8 Å². The van der Waals surface area contributed by atoms with Crippen LogP contribution < -0.4 is 5.32 Å². The summed E-state index contributed by atoms with van der Waals surface area (Å²) in [4.78, 5) is 25.1. The van der Waals surface area contributed by atoms with E-state index in [4.69, 9.17) is 14.2 Å². The van der Waals surface area contributed by atoms with Gasteiger partial charge in [-0.1, -0.05) is 217 Å². The number of carbonyl (C=O) groups excluding carboxylic acids is 2. The van der Waals surface area contributed by atoms with Gasteiger partial charge in [0.05, 0.1) is 32.0 Å². The molecular weight excluding hydrogens is 883 g/mol. The van der Waals surface area contributed by atoms with Crippen molar-refractivity contribution < 1.29 is 49.3 Å². The molecular formula is C59H109NO10. The molecule has 1 amide bonds. The lowest BCUT2D eigenvalue weighted by Gasteiger charge is -2.40. The molecule has 0 aliphatic carbocycles. The third-order valence-corrected chi connectivity index (χ3v) is 13.7. The summed E-state index contributed by atoms with van der Waals surface area (Å²) in [5.41, 5.74) is 0. The van der Waals surface area contributed by atoms with E-state index in [2.05, 4.69) is 43.5 Å². The van der Waals surface area contributed by atoms with E-state index >= 15 is 0 Å². The minimum Gasteiger partial charge on any atom is -0.466 e. The monoisotopic (exact) mass is 992 g/mol. The van der Waals surface area contributed by atoms with Crippen molar-refractivity contribution >= 4 is 11.9 Å². The summed E-state index contributed by atoms with van der Waals surface area (Å²) in [5.74, 6) is -0.230. The van der Waals surface area contributed by atoms with E-state index in [-0.39, 0.29) is 18.5 Å². The number of aliphatic hydroxyl groups excluding tert-OH is 5. The lowest BCUT2D eigenvalue weighted by Crippen LogP contribution is -2.60. The Morgan fingerprint density at radius 2 is 0.929 bits per heavy atom. The number of amides is 1. The average molecular weight is 993 g/mol. The Kier molecular flexibility index (Phi) is 46.2. The molecule has 1 rings (SSSR count). The fraction of sp³-hybridized carbons (Fsp3) is 0.864. The number of hydrogen-bond donors (Lipinski definition) is 6. The number of esters is 1. The second kappa shape index (κ2) is 49.1. The van der Waals surface area contributed by atoms with Crippen LogP contribution in [0.15, 0.2) is 36.5 Å². The molecule has 6 N–H and O–H groups in total. The normalized spacial score (nSPS) is 19.4. The van der Waals surface area contributed by atoms with Crippen molar-refractivity contribution in [2.75, 3.05) is 19.8 Å². The molecule has 0 bridgehead atoms. The molecule has 11 heteroatoms. The zero-order chi connectivity index (χ0) is 51.0. The molecule has 1 aliphatic heterocycles. The number of aliphatic hydroxyl groups is 5. The highest BCUT2D eigenvalue weighted by Gasteiger charge is 2.44. The summed E-state index contributed by atoms with van der Waals surface area (Å²) in [7, 11) is 0. The summed E-state index contributed by atoms with van der Waals surface area (Å²) >= 11 is 0. The summed E-state index contributed by atoms with van der Waals surface area (Å²) in [6.45, 7) is 4.23. The van der Waals surface area contributed by atoms with Crippen molar-refractivity contribution in [3.8, 4) is 0 Å². The van der Waals surface area contributed by atoms with E-state index < -0.39 is 49.5 Å². The third-order valence-electron chi connectivity index (χ3n) is 13.7. The van der Waals surface area contributed by atoms with E-state index in [1.807, 2.05) is 6.08 Å². The molecule has 1 aliphatic rings. The van der Waals surface area contributed by atoms with Gasteiger partial charge >= 0.3 is 5.97 Å². The average Bonchev–Trinajstić information content (AvgIpc) is 3.36. The van der Waals surface area contributed by atoms with Gasteiger partial charge in [0.1, 0.15) is 24.4 Å². The predicted molar refractivity (Wildman–Crippen MR) is 287 cm³/mol. The topological polar surface area (TPSA) is 175 Å². The number of allylic oxidation sites excluding steroid dienone is 5. The molecule has 0 aromatic carbocycles. The lowest BCUT2D eigenvalue weighted by molar-refractivity contribution is -0.302. The zero-order valence-electron chi connectivity index (χ0n) is 45.0. The highest BCUT2D eigenvalue weighted by atomic mass is 16.7. The Labute approximate surface area is 428 Å². The molecule has 0 radical (unpaired) electrons. The minimum absolute atomic E-state index is 0.0247. The van der Waals surface area contributed by atoms with Gasteiger partial charge in [-0.3, -0.25) is 9.59 Å². The van der Waals surface area contributed by atoms with Crippen LogP contribution >= 0.6 is 0 Å². The van der Waals surface area contributed by atoms with Crippen LogP contribution in [0.25, 0.3) is 0 Å². The molecule has 1 saturated heterocycles. The maximum absolute atomic E-state index is 13.0. The molecule has 0 aromatic heterocycles. The van der Waals surface area contributed by atoms with Crippen LogP contribution in [0.2, 0.25) is 0 Å². The Hall–Kier alpha value is -2.12. The van der Waals surface area contributed by atoms with Gasteiger partial charge in [-0.25, -0.2) is 0 Å². The zero-order valence-corrected chi connectivity index (χ0v) is 45.0. The standard InChI is InChI=1S/C59H109NO10/c1-3-5-7-9-11-13-14-15-16-17-18-19-20-24-27-31-35-39-43-47-55(64)68-48-44-40-36-32-28-25-22-21-23-26-30-34-38-42-46-54(63)60-51(52(62)45-41-37-33-29-12-10-8-6-4-2)50-69-59-58(67)57(66)56(65)53(49-61)70-59/h12,15-16,29,41,45,51-53,56-59,61-62,65-67H,3-11,13-14,17-28,30-40,42-44,46-50H2,1-2H3,(H,60,63)/b16-15-,29-12+,45-41+. The van der Waals surface area contributed by atoms with Crippen molar-refractivity contribution in [1.82, 2.24) is 5.32 Å². The minimum atomic E-state index is -1.58. The number of unbranched alkanes of at least 4 members (excludes halogenated alkanes) is 32. The Morgan fingerprint density at radius 3 is 1.44 bits per heavy atom. The number of hydrogen-bond acceptors (Lipinski definition) is 10. The van der Waals surface area contributed by atoms with E-state index in [0.29, 0.717) is 19.4 Å². The molecule has 1 fully saturated rings. The van der Waals surface area contributed by atoms with Crippen LogP contribution in [0.1, 0.15) is 264 Å². The summed E-state index contributed by atoms with van der Waals surface area (Å²) < 4.78 is 16.7. The van der Waals surface area contributed by atoms with Gasteiger partial charge in [0.15, 0.2) is 6.29 Å². The summed E-state index contributed by atoms with van der Waals surface area (Å²) in [6.07, 6.45) is 49.6. The van der Waals surface area contributed by atoms with Crippen molar-refractivity contribution in [3.05, 3.63) is 36.5 Å². The second-order valence-corrected chi connectivity index (χ2v) is 20.3. The number of carbonyl (C=O) groups is 2. The predicted octanol–water partition coefficient (Wildman–Crippen LogP) is 13.1. The van der Waals surface area contributed by atoms with Gasteiger partial charge in [0.25, 0.3) is 0 Å². The first-order valence-electron chi connectivity index (χ1n) is 29.3. The third kappa shape index (κ3) is 38.5. The first-order chi connectivity index (χ1) is 34.2. The van der Waals surface area contributed by atoms with Gasteiger partial charge in [-0.15, -0.1) is 0 Å². The molecule has 70 heavy (non-hydrogen) atoms. The van der Waals surface area contributed by atoms with Crippen LogP contribution in [0.5, 0.6) is 0 Å². The Balaban J connectivity index is 2.03. The summed E-state index contributed by atoms with van der Waals surface area (Å²) in [5, 5.41) is 54.1. The fourth-order valence-electron chi connectivity index (χ4n) is 9.03. The van der Waals surface area contributed by atoms with Crippen LogP contribution in [0.4, 0.5) is 0 Å². The van der Waals surface area contributed by atoms with Crippen LogP contribution in [0.3, 0.4) is 0 Å². The first-order valence-corrected chi connectivity index (χ1v) is 29.3. The highest BCUT2D eigenvalue weighted by Crippen LogP contribution is 2.23. The maximum atomic E-state index is 13.0. The van der Waals surface area contributed by atoms with Crippen molar-refractivity contribution in [1.29, 1.82) is 0 Å². The van der Waals surface area contributed by atoms with Crippen LogP contribution in [0, 0.1) is 0 Å². The van der Waals surface area contributed by atoms with E-state index in [0.717, 1.165) is 70.6 Å². The fourth-order valence-corrected chi connectivity index (χ4v) is 9.03. The van der Waals surface area contributed by atoms with Gasteiger partial charge in [0.2, 0.25) is 5.91 Å². The van der Waals surface area contributed by atoms with Crippen LogP contribution in [-0.4, -0.2) is 100 Å². The second-order valence-electron chi connectivity index (χ2n) is 20.3. The van der Waals surface area contributed by atoms with Gasteiger partial charge in [-0.05, 0) is 70.6 Å². The maximum Gasteiger partial charge on any atom is 0.305 e. The lowest BCUT2D eigenvalue weighted by atomic mass is 9.99. The van der Waals surface area contributed by atoms with Crippen LogP contribution in [-0.2, 0) is 23.8 Å². The first kappa shape index (κ1) is 65.9. The van der Waals surface area contributed by atoms with E-state index in [9.17, 15) is 35.1 Å². The molecule has 1 heterocycles. The van der Waals surface area contributed by atoms with Crippen molar-refractivity contribution in [3.63, 3.8) is 0 Å². The molecule has 7 unspecified atom stereocenters. The smallest absolute Gasteiger partial charge is 0.305 e. The summed E-state index contributed by atoms with van der Waals surface area (Å²) in [6, 6.07) is -0.834. The molecule has 11 nitrogen and oxygen atoms in total. The van der Waals surface area contributed by atoms with Gasteiger partial charge in [-0.2, -0.15) is 0 Å². The van der Waals surface area contributed by atoms with E-state index in [1.165, 1.54) is 167 Å². The molecule has 0 aromatic rings. The SMILES string of the molecule is CCCCC/C=C/CC/C=C/C(O)C(COC1OC(CO)C(O)C(O)C1O)NC(=O)CCCCCCCCCCCCCCCCOC(=O)CCCCCCCCCCC/C=C\CCCCCCCC. The van der Waals surface area contributed by atoms with Gasteiger partial charge < -0.3 is 45.1 Å².